The van der Waals surface area contributed by atoms with Crippen LogP contribution in [0.15, 0.2) is 24.3 Å². The number of ether oxygens (including phenoxy) is 1. The highest BCUT2D eigenvalue weighted by molar-refractivity contribution is 5.96. The lowest BCUT2D eigenvalue weighted by Crippen LogP contribution is -2.46. The Hall–Kier alpha value is -1.88. The van der Waals surface area contributed by atoms with Crippen LogP contribution in [-0.2, 0) is 14.3 Å². The zero-order chi connectivity index (χ0) is 14.3. The minimum absolute atomic E-state index is 0.294. The van der Waals surface area contributed by atoms with Gasteiger partial charge in [0.2, 0.25) is 5.91 Å². The van der Waals surface area contributed by atoms with Gasteiger partial charge in [-0.2, -0.15) is 0 Å². The molecule has 1 aromatic carbocycles. The van der Waals surface area contributed by atoms with Gasteiger partial charge in [0.05, 0.1) is 18.1 Å². The molecule has 1 amide bonds. The number of aliphatic carboxylic acids is 1. The predicted octanol–water partition coefficient (Wildman–Crippen LogP) is 0.477. The SMILES string of the molecule is Cc1cccc(NC(=O)[C@H]2[C@@H](C(=O)[O-])[C@H]3CC[C@@H]2O3)c1. The van der Waals surface area contributed by atoms with E-state index in [0.29, 0.717) is 12.1 Å². The van der Waals surface area contributed by atoms with Crippen LogP contribution in [0.3, 0.4) is 0 Å². The van der Waals surface area contributed by atoms with Gasteiger partial charge in [0.15, 0.2) is 0 Å². The largest absolute Gasteiger partial charge is 0.550 e. The summed E-state index contributed by atoms with van der Waals surface area (Å²) in [5.74, 6) is -2.98. The quantitative estimate of drug-likeness (QED) is 0.869. The zero-order valence-corrected chi connectivity index (χ0v) is 11.2. The van der Waals surface area contributed by atoms with E-state index in [-0.39, 0.29) is 18.1 Å². The number of aryl methyl sites for hydroxylation is 1. The molecule has 0 saturated carbocycles. The van der Waals surface area contributed by atoms with Crippen molar-refractivity contribution in [2.75, 3.05) is 5.32 Å². The van der Waals surface area contributed by atoms with E-state index in [1.807, 2.05) is 25.1 Å². The second-order valence-electron chi connectivity index (χ2n) is 5.52. The van der Waals surface area contributed by atoms with Gasteiger partial charge in [-0.3, -0.25) is 4.79 Å². The molecule has 20 heavy (non-hydrogen) atoms. The Bertz CT molecular complexity index is 557. The van der Waals surface area contributed by atoms with Crippen molar-refractivity contribution in [1.82, 2.24) is 0 Å². The Labute approximate surface area is 116 Å². The highest BCUT2D eigenvalue weighted by Crippen LogP contribution is 2.43. The maximum absolute atomic E-state index is 12.3. The van der Waals surface area contributed by atoms with E-state index < -0.39 is 17.8 Å². The van der Waals surface area contributed by atoms with E-state index in [0.717, 1.165) is 12.0 Å². The van der Waals surface area contributed by atoms with Crippen LogP contribution in [0.25, 0.3) is 0 Å². The number of carboxylic acids is 1. The lowest BCUT2D eigenvalue weighted by atomic mass is 9.78. The summed E-state index contributed by atoms with van der Waals surface area (Å²) >= 11 is 0. The van der Waals surface area contributed by atoms with Gasteiger partial charge >= 0.3 is 0 Å². The molecule has 4 atom stereocenters. The minimum atomic E-state index is -1.19. The molecule has 0 aliphatic carbocycles. The topological polar surface area (TPSA) is 78.5 Å². The molecular weight excluding hydrogens is 258 g/mol. The molecule has 2 aliphatic heterocycles. The molecule has 2 heterocycles. The van der Waals surface area contributed by atoms with E-state index in [2.05, 4.69) is 5.32 Å². The molecule has 1 N–H and O–H groups in total. The number of fused-ring (bicyclic) bond motifs is 2. The second-order valence-corrected chi connectivity index (χ2v) is 5.52. The molecule has 2 aliphatic rings. The number of hydrogen-bond acceptors (Lipinski definition) is 4. The first-order valence-corrected chi connectivity index (χ1v) is 6.80. The monoisotopic (exact) mass is 274 g/mol. The standard InChI is InChI=1S/C15H17NO4/c1-8-3-2-4-9(7-8)16-14(17)12-10-5-6-11(20-10)13(12)15(18)19/h2-4,7,10-13H,5-6H2,1H3,(H,16,17)(H,18,19)/p-1/t10-,11+,12+,13-/m0/s1. The van der Waals surface area contributed by atoms with Crippen LogP contribution >= 0.6 is 0 Å². The van der Waals surface area contributed by atoms with Gasteiger partial charge in [-0.05, 0) is 37.5 Å². The van der Waals surface area contributed by atoms with Gasteiger partial charge in [-0.25, -0.2) is 0 Å². The molecule has 2 fully saturated rings. The molecule has 5 nitrogen and oxygen atoms in total. The van der Waals surface area contributed by atoms with Crippen molar-refractivity contribution in [1.29, 1.82) is 0 Å². The van der Waals surface area contributed by atoms with Crippen LogP contribution in [0, 0.1) is 18.8 Å². The van der Waals surface area contributed by atoms with Crippen LogP contribution in [0.5, 0.6) is 0 Å². The molecule has 0 unspecified atom stereocenters. The average molecular weight is 274 g/mol. The average Bonchev–Trinajstić information content (AvgIpc) is 2.98. The Morgan fingerprint density at radius 3 is 2.60 bits per heavy atom. The lowest BCUT2D eigenvalue weighted by Gasteiger charge is -2.27. The summed E-state index contributed by atoms with van der Waals surface area (Å²) < 4.78 is 5.56. The Morgan fingerprint density at radius 1 is 1.25 bits per heavy atom. The van der Waals surface area contributed by atoms with Gasteiger partial charge in [0.1, 0.15) is 0 Å². The normalized spacial score (nSPS) is 31.2. The number of rotatable bonds is 3. The second kappa shape index (κ2) is 4.90. The maximum Gasteiger partial charge on any atom is 0.230 e. The fourth-order valence-corrected chi connectivity index (χ4v) is 3.26. The third kappa shape index (κ3) is 2.18. The third-order valence-corrected chi connectivity index (χ3v) is 4.13. The lowest BCUT2D eigenvalue weighted by molar-refractivity contribution is -0.313. The molecule has 0 radical (unpaired) electrons. The fraction of sp³-hybridized carbons (Fsp3) is 0.467. The van der Waals surface area contributed by atoms with Crippen molar-refractivity contribution in [2.24, 2.45) is 11.8 Å². The van der Waals surface area contributed by atoms with E-state index in [1.165, 1.54) is 0 Å². The summed E-state index contributed by atoms with van der Waals surface area (Å²) in [6, 6.07) is 7.41. The van der Waals surface area contributed by atoms with Crippen molar-refractivity contribution in [3.63, 3.8) is 0 Å². The first kappa shape index (κ1) is 13.1. The van der Waals surface area contributed by atoms with Gasteiger partial charge in [0.25, 0.3) is 0 Å². The summed E-state index contributed by atoms with van der Waals surface area (Å²) in [4.78, 5) is 23.6. The summed E-state index contributed by atoms with van der Waals surface area (Å²) in [5, 5.41) is 14.0. The van der Waals surface area contributed by atoms with Crippen molar-refractivity contribution in [2.45, 2.75) is 32.0 Å². The van der Waals surface area contributed by atoms with Crippen molar-refractivity contribution in [3.05, 3.63) is 29.8 Å². The van der Waals surface area contributed by atoms with E-state index in [4.69, 9.17) is 4.74 Å². The van der Waals surface area contributed by atoms with Crippen molar-refractivity contribution >= 4 is 17.6 Å². The summed E-state index contributed by atoms with van der Waals surface area (Å²) in [7, 11) is 0. The number of amides is 1. The first-order valence-electron chi connectivity index (χ1n) is 6.80. The molecule has 2 bridgehead atoms. The molecule has 0 aromatic heterocycles. The Morgan fingerprint density at radius 2 is 1.95 bits per heavy atom. The van der Waals surface area contributed by atoms with Crippen LogP contribution in [0.1, 0.15) is 18.4 Å². The van der Waals surface area contributed by atoms with Gasteiger partial charge in [-0.1, -0.05) is 12.1 Å². The number of benzene rings is 1. The van der Waals surface area contributed by atoms with E-state index in [9.17, 15) is 14.7 Å². The van der Waals surface area contributed by atoms with E-state index >= 15 is 0 Å². The molecular formula is C15H16NO4-. The maximum atomic E-state index is 12.3. The zero-order valence-electron chi connectivity index (χ0n) is 11.2. The van der Waals surface area contributed by atoms with Crippen LogP contribution < -0.4 is 10.4 Å². The predicted molar refractivity (Wildman–Crippen MR) is 69.7 cm³/mol. The number of carbonyl (C=O) groups excluding carboxylic acids is 2. The fourth-order valence-electron chi connectivity index (χ4n) is 3.26. The highest BCUT2D eigenvalue weighted by Gasteiger charge is 2.52. The van der Waals surface area contributed by atoms with Gasteiger partial charge in [0, 0.05) is 17.6 Å². The number of carbonyl (C=O) groups is 2. The third-order valence-electron chi connectivity index (χ3n) is 4.13. The summed E-state index contributed by atoms with van der Waals surface area (Å²) in [5.41, 5.74) is 1.71. The van der Waals surface area contributed by atoms with Crippen molar-refractivity contribution in [3.8, 4) is 0 Å². The molecule has 2 saturated heterocycles. The molecule has 1 aromatic rings. The van der Waals surface area contributed by atoms with E-state index in [1.54, 1.807) is 6.07 Å². The molecule has 5 heteroatoms. The number of hydrogen-bond donors (Lipinski definition) is 1. The number of carboxylic acid groups (broad SMARTS) is 1. The summed E-state index contributed by atoms with van der Waals surface area (Å²) in [6.45, 7) is 1.93. The first-order chi connectivity index (χ1) is 9.56. The van der Waals surface area contributed by atoms with Gasteiger partial charge in [-0.15, -0.1) is 0 Å². The van der Waals surface area contributed by atoms with Crippen LogP contribution in [0.2, 0.25) is 0 Å². The number of anilines is 1. The Balaban J connectivity index is 1.78. The van der Waals surface area contributed by atoms with Crippen LogP contribution in [0.4, 0.5) is 5.69 Å². The highest BCUT2D eigenvalue weighted by atomic mass is 16.5. The smallest absolute Gasteiger partial charge is 0.230 e. The minimum Gasteiger partial charge on any atom is -0.550 e. The molecule has 3 rings (SSSR count). The Kier molecular flexibility index (Phi) is 3.22. The number of nitrogens with one attached hydrogen (secondary N) is 1. The molecule has 0 spiro atoms. The van der Waals surface area contributed by atoms with Crippen molar-refractivity contribution < 1.29 is 19.4 Å². The van der Waals surface area contributed by atoms with Gasteiger partial charge < -0.3 is 20.0 Å². The molecule has 106 valence electrons. The van der Waals surface area contributed by atoms with Crippen LogP contribution in [-0.4, -0.2) is 24.1 Å². The summed E-state index contributed by atoms with van der Waals surface area (Å²) in [6.07, 6.45) is 0.753.